The highest BCUT2D eigenvalue weighted by molar-refractivity contribution is 6.39. The highest BCUT2D eigenvalue weighted by Gasteiger charge is 2.37. The molecule has 0 spiro atoms. The van der Waals surface area contributed by atoms with Gasteiger partial charge >= 0.3 is 6.03 Å². The van der Waals surface area contributed by atoms with Crippen LogP contribution in [0.25, 0.3) is 16.8 Å². The van der Waals surface area contributed by atoms with E-state index in [1.165, 1.54) is 12.1 Å². The van der Waals surface area contributed by atoms with Crippen LogP contribution in [-0.4, -0.2) is 17.8 Å². The lowest BCUT2D eigenvalue weighted by atomic mass is 9.92. The molecule has 0 unspecified atom stereocenters. The summed E-state index contributed by atoms with van der Waals surface area (Å²) in [6.45, 7) is 3.72. The molecule has 4 amide bonds. The Hall–Kier alpha value is -4.58. The summed E-state index contributed by atoms with van der Waals surface area (Å²) in [5.41, 5.74) is 4.22. The maximum atomic E-state index is 13.9. The maximum Gasteiger partial charge on any atom is 0.335 e. The molecule has 4 aromatic carbocycles. The molecule has 6 heteroatoms. The molecule has 36 heavy (non-hydrogen) atoms. The van der Waals surface area contributed by atoms with Crippen molar-refractivity contribution in [2.45, 2.75) is 20.3 Å². The number of urea groups is 1. The van der Waals surface area contributed by atoms with Gasteiger partial charge in [-0.3, -0.25) is 14.9 Å². The van der Waals surface area contributed by atoms with Gasteiger partial charge in [0.15, 0.2) is 0 Å². The molecule has 1 saturated heterocycles. The first-order valence-electron chi connectivity index (χ1n) is 11.6. The van der Waals surface area contributed by atoms with Gasteiger partial charge in [0, 0.05) is 0 Å². The van der Waals surface area contributed by atoms with Crippen molar-refractivity contribution in [2.24, 2.45) is 0 Å². The molecule has 1 aliphatic heterocycles. The molecule has 5 nitrogen and oxygen atoms in total. The number of anilines is 1. The van der Waals surface area contributed by atoms with E-state index in [0.29, 0.717) is 17.7 Å². The van der Waals surface area contributed by atoms with Gasteiger partial charge in [-0.25, -0.2) is 14.1 Å². The molecular formula is C30H23FN2O3. The number of hydrogen-bond acceptors (Lipinski definition) is 3. The van der Waals surface area contributed by atoms with Gasteiger partial charge in [0.2, 0.25) is 0 Å². The van der Waals surface area contributed by atoms with Gasteiger partial charge in [-0.2, -0.15) is 0 Å². The largest absolute Gasteiger partial charge is 0.335 e. The van der Waals surface area contributed by atoms with Crippen molar-refractivity contribution in [3.63, 3.8) is 0 Å². The number of barbiturate groups is 1. The van der Waals surface area contributed by atoms with Crippen LogP contribution in [0, 0.1) is 19.7 Å². The van der Waals surface area contributed by atoms with E-state index in [1.54, 1.807) is 24.3 Å². The van der Waals surface area contributed by atoms with Crippen LogP contribution < -0.4 is 10.2 Å². The molecule has 0 aliphatic carbocycles. The van der Waals surface area contributed by atoms with E-state index in [0.717, 1.165) is 37.9 Å². The number of hydrogen-bond donors (Lipinski definition) is 1. The molecular weight excluding hydrogens is 455 g/mol. The van der Waals surface area contributed by atoms with E-state index < -0.39 is 17.8 Å². The fourth-order valence-electron chi connectivity index (χ4n) is 4.53. The fourth-order valence-corrected chi connectivity index (χ4v) is 4.53. The Bertz CT molecular complexity index is 1590. The second kappa shape index (κ2) is 9.23. The number of nitrogens with one attached hydrogen (secondary N) is 1. The van der Waals surface area contributed by atoms with Gasteiger partial charge in [0.05, 0.1) is 5.69 Å². The third kappa shape index (κ3) is 4.18. The standard InChI is InChI=1S/C30H23FN2O3/c1-18-7-5-12-27(19(18)2)33-29(35)26(28(34)32-30(33)36)17-25-22(15-20-8-6-10-23(31)16-20)14-13-21-9-3-4-11-24(21)25/h3-14,16-17H,15H2,1-2H3,(H,32,34,36)/b26-17+. The number of fused-ring (bicyclic) bond motifs is 1. The van der Waals surface area contributed by atoms with Gasteiger partial charge < -0.3 is 0 Å². The summed E-state index contributed by atoms with van der Waals surface area (Å²) < 4.78 is 13.9. The summed E-state index contributed by atoms with van der Waals surface area (Å²) in [4.78, 5) is 40.2. The second-order valence-corrected chi connectivity index (χ2v) is 8.84. The van der Waals surface area contributed by atoms with Gasteiger partial charge in [-0.05, 0) is 83.1 Å². The molecule has 1 fully saturated rings. The van der Waals surface area contributed by atoms with Gasteiger partial charge in [-0.15, -0.1) is 0 Å². The van der Waals surface area contributed by atoms with Gasteiger partial charge in [-0.1, -0.05) is 60.7 Å². The van der Waals surface area contributed by atoms with E-state index in [-0.39, 0.29) is 11.4 Å². The molecule has 1 aliphatic rings. The summed E-state index contributed by atoms with van der Waals surface area (Å²) in [5.74, 6) is -1.78. The highest BCUT2D eigenvalue weighted by Crippen LogP contribution is 2.30. The molecule has 0 saturated carbocycles. The van der Waals surface area contributed by atoms with Crippen molar-refractivity contribution in [2.75, 3.05) is 4.90 Å². The molecule has 0 atom stereocenters. The van der Waals surface area contributed by atoms with E-state index in [4.69, 9.17) is 0 Å². The lowest BCUT2D eigenvalue weighted by molar-refractivity contribution is -0.122. The first-order valence-corrected chi connectivity index (χ1v) is 11.6. The number of rotatable bonds is 4. The summed E-state index contributed by atoms with van der Waals surface area (Å²) in [5, 5.41) is 4.08. The number of halogens is 1. The minimum atomic E-state index is -0.784. The Kier molecular flexibility index (Phi) is 5.94. The lowest BCUT2D eigenvalue weighted by Crippen LogP contribution is -2.54. The van der Waals surface area contributed by atoms with Crippen LogP contribution in [0.5, 0.6) is 0 Å². The number of carbonyl (C=O) groups is 3. The van der Waals surface area contributed by atoms with Crippen LogP contribution in [0.15, 0.2) is 84.4 Å². The van der Waals surface area contributed by atoms with Crippen LogP contribution in [0.2, 0.25) is 0 Å². The van der Waals surface area contributed by atoms with Crippen molar-refractivity contribution in [1.82, 2.24) is 5.32 Å². The smallest absolute Gasteiger partial charge is 0.273 e. The molecule has 4 aromatic rings. The second-order valence-electron chi connectivity index (χ2n) is 8.84. The number of carbonyl (C=O) groups excluding carboxylic acids is 3. The molecule has 5 rings (SSSR count). The van der Waals surface area contributed by atoms with Gasteiger partial charge in [0.25, 0.3) is 11.8 Å². The van der Waals surface area contributed by atoms with Crippen molar-refractivity contribution in [1.29, 1.82) is 0 Å². The summed E-state index contributed by atoms with van der Waals surface area (Å²) in [6, 6.07) is 22.4. The van der Waals surface area contributed by atoms with Crippen LogP contribution in [0.4, 0.5) is 14.9 Å². The summed E-state index contributed by atoms with van der Waals surface area (Å²) >= 11 is 0. The van der Waals surface area contributed by atoms with Crippen molar-refractivity contribution < 1.29 is 18.8 Å². The minimum absolute atomic E-state index is 0.146. The molecule has 0 radical (unpaired) electrons. The molecule has 178 valence electrons. The average molecular weight is 479 g/mol. The Balaban J connectivity index is 1.66. The first-order chi connectivity index (χ1) is 17.3. The Morgan fingerprint density at radius 2 is 1.67 bits per heavy atom. The zero-order valence-corrected chi connectivity index (χ0v) is 19.8. The third-order valence-electron chi connectivity index (χ3n) is 6.55. The summed E-state index contributed by atoms with van der Waals surface area (Å²) in [7, 11) is 0. The van der Waals surface area contributed by atoms with Crippen molar-refractivity contribution >= 4 is 40.4 Å². The van der Waals surface area contributed by atoms with Crippen LogP contribution in [0.1, 0.15) is 27.8 Å². The number of benzene rings is 4. The van der Waals surface area contributed by atoms with Gasteiger partial charge in [0.1, 0.15) is 11.4 Å². The zero-order chi connectivity index (χ0) is 25.4. The Morgan fingerprint density at radius 3 is 2.47 bits per heavy atom. The number of aryl methyl sites for hydroxylation is 1. The monoisotopic (exact) mass is 478 g/mol. The molecule has 0 bridgehead atoms. The third-order valence-corrected chi connectivity index (χ3v) is 6.55. The number of nitrogens with zero attached hydrogens (tertiary/aromatic N) is 1. The molecule has 0 aromatic heterocycles. The van der Waals surface area contributed by atoms with Crippen LogP contribution in [-0.2, 0) is 16.0 Å². The fraction of sp³-hybridized carbons (Fsp3) is 0.100. The SMILES string of the molecule is Cc1cccc(N2C(=O)NC(=O)/C(=C\c3c(Cc4cccc(F)c4)ccc4ccccc34)C2=O)c1C. The van der Waals surface area contributed by atoms with E-state index in [9.17, 15) is 18.8 Å². The minimum Gasteiger partial charge on any atom is -0.273 e. The highest BCUT2D eigenvalue weighted by atomic mass is 19.1. The molecule has 1 heterocycles. The zero-order valence-electron chi connectivity index (χ0n) is 19.8. The predicted molar refractivity (Wildman–Crippen MR) is 138 cm³/mol. The number of amides is 4. The average Bonchev–Trinajstić information content (AvgIpc) is 2.85. The van der Waals surface area contributed by atoms with E-state index in [2.05, 4.69) is 5.32 Å². The van der Waals surface area contributed by atoms with Crippen molar-refractivity contribution in [3.8, 4) is 0 Å². The van der Waals surface area contributed by atoms with Crippen LogP contribution >= 0.6 is 0 Å². The quantitative estimate of drug-likeness (QED) is 0.295. The maximum absolute atomic E-state index is 13.9. The lowest BCUT2D eigenvalue weighted by Gasteiger charge is -2.28. The normalized spacial score (nSPS) is 15.0. The number of imide groups is 2. The van der Waals surface area contributed by atoms with Crippen LogP contribution in [0.3, 0.4) is 0 Å². The Labute approximate surface area is 207 Å². The Morgan fingerprint density at radius 1 is 0.889 bits per heavy atom. The predicted octanol–water partition coefficient (Wildman–Crippen LogP) is 5.85. The van der Waals surface area contributed by atoms with Crippen molar-refractivity contribution in [3.05, 3.63) is 118 Å². The summed E-state index contributed by atoms with van der Waals surface area (Å²) in [6.07, 6.45) is 1.94. The molecule has 1 N–H and O–H groups in total. The van der Waals surface area contributed by atoms with E-state index >= 15 is 0 Å². The van der Waals surface area contributed by atoms with E-state index in [1.807, 2.05) is 62.4 Å². The topological polar surface area (TPSA) is 66.5 Å². The first kappa shape index (κ1) is 23.2.